The molecule has 34 heavy (non-hydrogen) atoms. The summed E-state index contributed by atoms with van der Waals surface area (Å²) < 4.78 is 32.4. The molecule has 1 amide bonds. The summed E-state index contributed by atoms with van der Waals surface area (Å²) in [6.07, 6.45) is 0. The fourth-order valence-electron chi connectivity index (χ4n) is 3.79. The summed E-state index contributed by atoms with van der Waals surface area (Å²) in [6.45, 7) is 5.41. The molecule has 0 spiro atoms. The van der Waals surface area contributed by atoms with Crippen molar-refractivity contribution in [3.8, 4) is 6.07 Å². The minimum absolute atomic E-state index is 0.0177. The van der Waals surface area contributed by atoms with E-state index in [1.807, 2.05) is 24.0 Å². The third kappa shape index (κ3) is 5.55. The lowest BCUT2D eigenvalue weighted by molar-refractivity contribution is -0.130. The number of benzene rings is 2. The predicted octanol–water partition coefficient (Wildman–Crippen LogP) is 2.09. The Morgan fingerprint density at radius 2 is 1.76 bits per heavy atom. The zero-order valence-corrected chi connectivity index (χ0v) is 20.1. The number of esters is 1. The Morgan fingerprint density at radius 3 is 2.41 bits per heavy atom. The molecule has 0 unspecified atom stereocenters. The number of sulfonamides is 1. The van der Waals surface area contributed by atoms with Gasteiger partial charge < -0.3 is 14.5 Å². The average Bonchev–Trinajstić information content (AvgIpc) is 2.87. The molecule has 10 heteroatoms. The number of likely N-dealkylation sites (N-methyl/N-ethyl adjacent to an activating group) is 1. The van der Waals surface area contributed by atoms with Gasteiger partial charge in [-0.3, -0.25) is 4.79 Å². The molecule has 1 fully saturated rings. The van der Waals surface area contributed by atoms with Gasteiger partial charge in [-0.25, -0.2) is 13.2 Å². The van der Waals surface area contributed by atoms with Crippen molar-refractivity contribution in [1.82, 2.24) is 9.21 Å². The largest absolute Gasteiger partial charge is 0.462 e. The van der Waals surface area contributed by atoms with E-state index in [4.69, 9.17) is 4.74 Å². The molecule has 0 aromatic heterocycles. The minimum atomic E-state index is -3.82. The fraction of sp³-hybridized carbons (Fsp3) is 0.375. The molecule has 1 saturated heterocycles. The van der Waals surface area contributed by atoms with Crippen LogP contribution in [0.4, 0.5) is 5.69 Å². The van der Waals surface area contributed by atoms with Crippen molar-refractivity contribution < 1.29 is 22.7 Å². The van der Waals surface area contributed by atoms with Crippen LogP contribution in [0.25, 0.3) is 0 Å². The van der Waals surface area contributed by atoms with E-state index in [0.717, 1.165) is 5.69 Å². The molecule has 0 bridgehead atoms. The molecule has 0 radical (unpaired) electrons. The number of anilines is 1. The Morgan fingerprint density at radius 1 is 1.06 bits per heavy atom. The van der Waals surface area contributed by atoms with Crippen LogP contribution in [0.1, 0.15) is 29.8 Å². The first-order valence-corrected chi connectivity index (χ1v) is 12.5. The van der Waals surface area contributed by atoms with Gasteiger partial charge in [-0.1, -0.05) is 18.2 Å². The topological polar surface area (TPSA) is 111 Å². The fourth-order valence-corrected chi connectivity index (χ4v) is 5.36. The summed E-state index contributed by atoms with van der Waals surface area (Å²) in [6, 6.07) is 15.0. The third-order valence-corrected chi connectivity index (χ3v) is 7.60. The normalized spacial score (nSPS) is 14.3. The van der Waals surface area contributed by atoms with Crippen molar-refractivity contribution >= 4 is 27.6 Å². The number of hydrogen-bond donors (Lipinski definition) is 0. The Balaban J connectivity index is 1.65. The lowest BCUT2D eigenvalue weighted by atomic mass is 10.2. The summed E-state index contributed by atoms with van der Waals surface area (Å²) >= 11 is 0. The standard InChI is InChI=1S/C24H28N4O5S/c1-3-26(21-10-7-9-19(16-21)24(30)33-4-2)18-23(29)27-12-14-28(15-13-27)34(31,32)22-11-6-5-8-20(22)17-25/h5-11,16H,3-4,12-15,18H2,1-2H3. The maximum Gasteiger partial charge on any atom is 0.338 e. The van der Waals surface area contributed by atoms with Crippen LogP contribution in [-0.4, -0.2) is 75.4 Å². The number of amides is 1. The van der Waals surface area contributed by atoms with Crippen LogP contribution in [0, 0.1) is 11.3 Å². The van der Waals surface area contributed by atoms with E-state index in [-0.39, 0.29) is 55.7 Å². The van der Waals surface area contributed by atoms with Crippen LogP contribution in [-0.2, 0) is 19.6 Å². The molecule has 9 nitrogen and oxygen atoms in total. The van der Waals surface area contributed by atoms with E-state index >= 15 is 0 Å². The maximum absolute atomic E-state index is 13.0. The molecular formula is C24H28N4O5S. The van der Waals surface area contributed by atoms with E-state index in [9.17, 15) is 23.3 Å². The van der Waals surface area contributed by atoms with Gasteiger partial charge in [0.05, 0.1) is 29.2 Å². The molecule has 1 aliphatic heterocycles. The molecular weight excluding hydrogens is 456 g/mol. The highest BCUT2D eigenvalue weighted by Gasteiger charge is 2.32. The highest BCUT2D eigenvalue weighted by molar-refractivity contribution is 7.89. The number of carbonyl (C=O) groups is 2. The zero-order valence-electron chi connectivity index (χ0n) is 19.3. The van der Waals surface area contributed by atoms with Gasteiger partial charge in [-0.2, -0.15) is 9.57 Å². The molecule has 0 N–H and O–H groups in total. The summed E-state index contributed by atoms with van der Waals surface area (Å²) in [7, 11) is -3.82. The van der Waals surface area contributed by atoms with Gasteiger partial charge in [0.1, 0.15) is 6.07 Å². The molecule has 0 aliphatic carbocycles. The first-order valence-electron chi connectivity index (χ1n) is 11.1. The van der Waals surface area contributed by atoms with Crippen molar-refractivity contribution in [3.63, 3.8) is 0 Å². The Bertz CT molecular complexity index is 1180. The molecule has 1 heterocycles. The molecule has 0 saturated carbocycles. The monoisotopic (exact) mass is 484 g/mol. The molecule has 180 valence electrons. The van der Waals surface area contributed by atoms with Gasteiger partial charge in [0, 0.05) is 38.4 Å². The van der Waals surface area contributed by atoms with Crippen molar-refractivity contribution in [2.75, 3.05) is 50.8 Å². The number of piperazine rings is 1. The molecule has 0 atom stereocenters. The molecule has 1 aliphatic rings. The van der Waals surface area contributed by atoms with E-state index in [1.165, 1.54) is 16.4 Å². The third-order valence-electron chi connectivity index (χ3n) is 5.65. The molecule has 2 aromatic carbocycles. The van der Waals surface area contributed by atoms with Crippen molar-refractivity contribution in [2.24, 2.45) is 0 Å². The summed E-state index contributed by atoms with van der Waals surface area (Å²) in [5, 5.41) is 9.25. The quantitative estimate of drug-likeness (QED) is 0.528. The number of carbonyl (C=O) groups excluding carboxylic acids is 2. The van der Waals surface area contributed by atoms with Gasteiger partial charge in [-0.15, -0.1) is 0 Å². The second-order valence-electron chi connectivity index (χ2n) is 7.68. The molecule has 3 rings (SSSR count). The van der Waals surface area contributed by atoms with Gasteiger partial charge in [0.25, 0.3) is 0 Å². The second kappa shape index (κ2) is 11.1. The first-order chi connectivity index (χ1) is 16.3. The maximum atomic E-state index is 13.0. The van der Waals surface area contributed by atoms with Crippen LogP contribution in [0.5, 0.6) is 0 Å². The predicted molar refractivity (Wildman–Crippen MR) is 127 cm³/mol. The van der Waals surface area contributed by atoms with Gasteiger partial charge >= 0.3 is 5.97 Å². The number of nitriles is 1. The van der Waals surface area contributed by atoms with Gasteiger partial charge in [0.2, 0.25) is 15.9 Å². The summed E-state index contributed by atoms with van der Waals surface area (Å²) in [4.78, 5) is 28.5. The highest BCUT2D eigenvalue weighted by atomic mass is 32.2. The summed E-state index contributed by atoms with van der Waals surface area (Å²) in [5.74, 6) is -0.542. The van der Waals surface area contributed by atoms with Gasteiger partial charge in [0.15, 0.2) is 0 Å². The second-order valence-corrected chi connectivity index (χ2v) is 9.58. The number of nitrogens with zero attached hydrogens (tertiary/aromatic N) is 4. The zero-order chi connectivity index (χ0) is 24.7. The van der Waals surface area contributed by atoms with Gasteiger partial charge in [-0.05, 0) is 44.2 Å². The average molecular weight is 485 g/mol. The first kappa shape index (κ1) is 25.2. The number of rotatable bonds is 8. The Kier molecular flexibility index (Phi) is 8.26. The smallest absolute Gasteiger partial charge is 0.338 e. The van der Waals surface area contributed by atoms with Crippen LogP contribution >= 0.6 is 0 Å². The summed E-state index contributed by atoms with van der Waals surface area (Å²) in [5.41, 5.74) is 1.25. The van der Waals surface area contributed by atoms with Crippen LogP contribution in [0.15, 0.2) is 53.4 Å². The van der Waals surface area contributed by atoms with E-state index in [0.29, 0.717) is 12.1 Å². The van der Waals surface area contributed by atoms with Crippen molar-refractivity contribution in [1.29, 1.82) is 5.26 Å². The van der Waals surface area contributed by atoms with Crippen LogP contribution < -0.4 is 4.90 Å². The Labute approximate surface area is 200 Å². The lowest BCUT2D eigenvalue weighted by Crippen LogP contribution is -2.52. The highest BCUT2D eigenvalue weighted by Crippen LogP contribution is 2.22. The number of ether oxygens (including phenoxy) is 1. The number of hydrogen-bond acceptors (Lipinski definition) is 7. The van der Waals surface area contributed by atoms with Crippen LogP contribution in [0.2, 0.25) is 0 Å². The lowest BCUT2D eigenvalue weighted by Gasteiger charge is -2.35. The van der Waals surface area contributed by atoms with Crippen LogP contribution in [0.3, 0.4) is 0 Å². The van der Waals surface area contributed by atoms with E-state index in [1.54, 1.807) is 42.2 Å². The van der Waals surface area contributed by atoms with Crippen molar-refractivity contribution in [3.05, 3.63) is 59.7 Å². The minimum Gasteiger partial charge on any atom is -0.462 e. The molecule has 2 aromatic rings. The van der Waals surface area contributed by atoms with Crippen molar-refractivity contribution in [2.45, 2.75) is 18.7 Å². The van der Waals surface area contributed by atoms with E-state index in [2.05, 4.69) is 0 Å². The van der Waals surface area contributed by atoms with E-state index < -0.39 is 16.0 Å². The Hall–Kier alpha value is -3.42. The SMILES string of the molecule is CCOC(=O)c1cccc(N(CC)CC(=O)N2CCN(S(=O)(=O)c3ccccc3C#N)CC2)c1.